The van der Waals surface area contributed by atoms with Crippen molar-refractivity contribution in [2.75, 3.05) is 44.4 Å². The normalized spacial score (nSPS) is 16.5. The van der Waals surface area contributed by atoms with E-state index < -0.39 is 11.8 Å². The summed E-state index contributed by atoms with van der Waals surface area (Å²) in [6, 6.07) is 12.2. The van der Waals surface area contributed by atoms with E-state index in [0.29, 0.717) is 43.4 Å². The number of para-hydroxylation sites is 1. The highest BCUT2D eigenvalue weighted by molar-refractivity contribution is 6.35. The molecule has 2 heterocycles. The highest BCUT2D eigenvalue weighted by Crippen LogP contribution is 2.36. The predicted molar refractivity (Wildman–Crippen MR) is 122 cm³/mol. The van der Waals surface area contributed by atoms with Gasteiger partial charge >= 0.3 is 11.8 Å². The molecule has 0 saturated carbocycles. The number of halogens is 1. The van der Waals surface area contributed by atoms with Gasteiger partial charge in [0.05, 0.1) is 11.7 Å². The molecule has 4 rings (SSSR count). The molecule has 1 saturated heterocycles. The van der Waals surface area contributed by atoms with Gasteiger partial charge in [-0.3, -0.25) is 14.5 Å². The zero-order valence-electron chi connectivity index (χ0n) is 18.8. The molecular weight excluding hydrogens is 427 g/mol. The van der Waals surface area contributed by atoms with E-state index in [4.69, 9.17) is 9.47 Å². The van der Waals surface area contributed by atoms with E-state index in [1.165, 1.54) is 6.07 Å². The van der Waals surface area contributed by atoms with Crippen LogP contribution in [0.2, 0.25) is 0 Å². The number of carbonyl (C=O) groups excluding carboxylic acids is 2. The zero-order valence-corrected chi connectivity index (χ0v) is 18.8. The minimum absolute atomic E-state index is 0.126. The van der Waals surface area contributed by atoms with Crippen molar-refractivity contribution in [3.63, 3.8) is 0 Å². The number of hydrogen-bond donors (Lipinski definition) is 2. The van der Waals surface area contributed by atoms with Crippen molar-refractivity contribution in [3.8, 4) is 11.5 Å². The first-order valence-electron chi connectivity index (χ1n) is 11.1. The minimum Gasteiger partial charge on any atom is -0.454 e. The number of amides is 2. The fourth-order valence-electron chi connectivity index (χ4n) is 4.16. The summed E-state index contributed by atoms with van der Waals surface area (Å²) in [6.07, 6.45) is 0. The minimum atomic E-state index is -0.667. The molecule has 176 valence electrons. The van der Waals surface area contributed by atoms with Crippen LogP contribution in [0.15, 0.2) is 42.5 Å². The molecule has 0 aromatic heterocycles. The summed E-state index contributed by atoms with van der Waals surface area (Å²) < 4.78 is 25.2. The Balaban J connectivity index is 1.48. The van der Waals surface area contributed by atoms with Crippen LogP contribution in [-0.4, -0.2) is 62.3 Å². The highest BCUT2D eigenvalue weighted by atomic mass is 19.1. The maximum absolute atomic E-state index is 14.2. The van der Waals surface area contributed by atoms with Gasteiger partial charge in [-0.15, -0.1) is 0 Å². The maximum Gasteiger partial charge on any atom is 0.309 e. The molecule has 1 fully saturated rings. The Bertz CT molecular complexity index is 1010. The van der Waals surface area contributed by atoms with Gasteiger partial charge in [-0.25, -0.2) is 4.39 Å². The number of nitrogens with zero attached hydrogens (tertiary/aromatic N) is 2. The fraction of sp³-hybridized carbons (Fsp3) is 0.417. The van der Waals surface area contributed by atoms with Crippen molar-refractivity contribution in [2.45, 2.75) is 25.9 Å². The molecule has 9 heteroatoms. The molecule has 2 aromatic rings. The number of fused-ring (bicyclic) bond motifs is 1. The van der Waals surface area contributed by atoms with E-state index in [1.54, 1.807) is 26.0 Å². The average molecular weight is 457 g/mol. The van der Waals surface area contributed by atoms with E-state index in [0.717, 1.165) is 5.56 Å². The van der Waals surface area contributed by atoms with Gasteiger partial charge in [-0.1, -0.05) is 18.2 Å². The van der Waals surface area contributed by atoms with E-state index in [-0.39, 0.29) is 31.2 Å². The summed E-state index contributed by atoms with van der Waals surface area (Å²) in [5.74, 6) is -0.214. The van der Waals surface area contributed by atoms with Crippen LogP contribution < -0.4 is 25.0 Å². The Hall–Kier alpha value is -3.33. The lowest BCUT2D eigenvalue weighted by Gasteiger charge is -2.40. The lowest BCUT2D eigenvalue weighted by Crippen LogP contribution is -2.51. The molecule has 0 aliphatic carbocycles. The van der Waals surface area contributed by atoms with Crippen LogP contribution in [0.5, 0.6) is 11.5 Å². The van der Waals surface area contributed by atoms with Crippen LogP contribution >= 0.6 is 0 Å². The standard InChI is InChI=1S/C24H29FN4O4/c1-16(2)27-24(31)23(30)26-14-20(17-7-8-21-22(13-17)33-15-32-21)29-11-9-28(10-12-29)19-6-4-3-5-18(19)25/h3-8,13,16,20H,9-12,14-15H2,1-2H3,(H,26,30)(H,27,31)/t20-/m0/s1. The Labute approximate surface area is 192 Å². The third-order valence-electron chi connectivity index (χ3n) is 5.81. The summed E-state index contributed by atoms with van der Waals surface area (Å²) >= 11 is 0. The number of nitrogens with one attached hydrogen (secondary N) is 2. The first-order chi connectivity index (χ1) is 15.9. The Kier molecular flexibility index (Phi) is 6.98. The van der Waals surface area contributed by atoms with E-state index in [1.807, 2.05) is 29.2 Å². The molecule has 0 radical (unpaired) electrons. The van der Waals surface area contributed by atoms with Crippen molar-refractivity contribution < 1.29 is 23.5 Å². The van der Waals surface area contributed by atoms with Gasteiger partial charge in [0.2, 0.25) is 6.79 Å². The van der Waals surface area contributed by atoms with Gasteiger partial charge in [-0.05, 0) is 43.7 Å². The quantitative estimate of drug-likeness (QED) is 0.648. The molecule has 0 spiro atoms. The van der Waals surface area contributed by atoms with E-state index in [2.05, 4.69) is 15.5 Å². The number of hydrogen-bond acceptors (Lipinski definition) is 6. The maximum atomic E-state index is 14.2. The smallest absolute Gasteiger partial charge is 0.309 e. The molecule has 2 aromatic carbocycles. The van der Waals surface area contributed by atoms with E-state index >= 15 is 0 Å². The predicted octanol–water partition coefficient (Wildman–Crippen LogP) is 2.06. The van der Waals surface area contributed by atoms with Crippen molar-refractivity contribution in [3.05, 3.63) is 53.8 Å². The summed E-state index contributed by atoms with van der Waals surface area (Å²) in [5.41, 5.74) is 1.54. The Morgan fingerprint density at radius 2 is 1.73 bits per heavy atom. The average Bonchev–Trinajstić information content (AvgIpc) is 3.27. The molecule has 0 bridgehead atoms. The molecule has 2 N–H and O–H groups in total. The number of anilines is 1. The van der Waals surface area contributed by atoms with Gasteiger partial charge in [0.15, 0.2) is 11.5 Å². The molecule has 8 nitrogen and oxygen atoms in total. The van der Waals surface area contributed by atoms with Crippen molar-refractivity contribution in [1.82, 2.24) is 15.5 Å². The summed E-state index contributed by atoms with van der Waals surface area (Å²) in [6.45, 7) is 6.66. The second-order valence-corrected chi connectivity index (χ2v) is 8.44. The van der Waals surface area contributed by atoms with Crippen molar-refractivity contribution >= 4 is 17.5 Å². The second-order valence-electron chi connectivity index (χ2n) is 8.44. The molecule has 2 aliphatic heterocycles. The number of rotatable bonds is 6. The SMILES string of the molecule is CC(C)NC(=O)C(=O)NC[C@@H](c1ccc2c(c1)OCO2)N1CCN(c2ccccc2F)CC1. The first kappa shape index (κ1) is 22.8. The Morgan fingerprint density at radius 3 is 2.45 bits per heavy atom. The number of carbonyl (C=O) groups is 2. The molecule has 1 atom stereocenters. The van der Waals surface area contributed by atoms with Crippen LogP contribution in [0.1, 0.15) is 25.5 Å². The lowest BCUT2D eigenvalue weighted by molar-refractivity contribution is -0.139. The summed E-state index contributed by atoms with van der Waals surface area (Å²) in [7, 11) is 0. The Morgan fingerprint density at radius 1 is 1.00 bits per heavy atom. The zero-order chi connectivity index (χ0) is 23.4. The van der Waals surface area contributed by atoms with Crippen molar-refractivity contribution in [2.24, 2.45) is 0 Å². The van der Waals surface area contributed by atoms with Crippen LogP contribution in [0, 0.1) is 5.82 Å². The molecule has 0 unspecified atom stereocenters. The second kappa shape index (κ2) is 10.1. The number of piperazine rings is 1. The third-order valence-corrected chi connectivity index (χ3v) is 5.81. The van der Waals surface area contributed by atoms with Gasteiger partial charge in [-0.2, -0.15) is 0 Å². The van der Waals surface area contributed by atoms with Gasteiger partial charge < -0.3 is 25.0 Å². The molecule has 2 amide bonds. The van der Waals surface area contributed by atoms with Gasteiger partial charge in [0.25, 0.3) is 0 Å². The van der Waals surface area contributed by atoms with Gasteiger partial charge in [0.1, 0.15) is 5.82 Å². The first-order valence-corrected chi connectivity index (χ1v) is 11.1. The summed E-state index contributed by atoms with van der Waals surface area (Å²) in [5, 5.41) is 5.37. The topological polar surface area (TPSA) is 83.1 Å². The van der Waals surface area contributed by atoms with Crippen molar-refractivity contribution in [1.29, 1.82) is 0 Å². The van der Waals surface area contributed by atoms with E-state index in [9.17, 15) is 14.0 Å². The van der Waals surface area contributed by atoms with Crippen LogP contribution in [0.25, 0.3) is 0 Å². The van der Waals surface area contributed by atoms with Crippen LogP contribution in [0.3, 0.4) is 0 Å². The molecule has 33 heavy (non-hydrogen) atoms. The van der Waals surface area contributed by atoms with Crippen LogP contribution in [0.4, 0.5) is 10.1 Å². The van der Waals surface area contributed by atoms with Crippen LogP contribution in [-0.2, 0) is 9.59 Å². The number of benzene rings is 2. The highest BCUT2D eigenvalue weighted by Gasteiger charge is 2.28. The molecule has 2 aliphatic rings. The molecular formula is C24H29FN4O4. The fourth-order valence-corrected chi connectivity index (χ4v) is 4.16. The number of ether oxygens (including phenoxy) is 2. The largest absolute Gasteiger partial charge is 0.454 e. The monoisotopic (exact) mass is 456 g/mol. The van der Waals surface area contributed by atoms with Gasteiger partial charge in [0, 0.05) is 38.8 Å². The summed E-state index contributed by atoms with van der Waals surface area (Å²) in [4.78, 5) is 28.6. The lowest BCUT2D eigenvalue weighted by atomic mass is 10.0. The third kappa shape index (κ3) is 5.36.